The Morgan fingerprint density at radius 2 is 2.04 bits per heavy atom. The molecule has 1 saturated heterocycles. The molecule has 1 aromatic rings. The minimum absolute atomic E-state index is 0.207. The van der Waals surface area contributed by atoms with Crippen LogP contribution >= 0.6 is 0 Å². The lowest BCUT2D eigenvalue weighted by Gasteiger charge is -2.59. The number of rotatable bonds is 7. The van der Waals surface area contributed by atoms with Crippen LogP contribution in [0.3, 0.4) is 0 Å². The second-order valence-corrected chi connectivity index (χ2v) is 8.32. The molecule has 1 aromatic carbocycles. The smallest absolute Gasteiger partial charge is 0.231 e. The van der Waals surface area contributed by atoms with Crippen LogP contribution in [0.1, 0.15) is 38.2 Å². The van der Waals surface area contributed by atoms with Crippen LogP contribution < -0.4 is 11.1 Å². The molecule has 1 unspecified atom stereocenters. The molecular weight excluding hydrogens is 310 g/mol. The normalized spacial score (nSPS) is 28.4. The maximum absolute atomic E-state index is 11.0. The Kier molecular flexibility index (Phi) is 4.42. The number of nitrogens with zero attached hydrogens (tertiary/aromatic N) is 1. The van der Waals surface area contributed by atoms with Crippen LogP contribution in [-0.2, 0) is 4.79 Å². The molecule has 1 heterocycles. The van der Waals surface area contributed by atoms with Gasteiger partial charge in [-0.3, -0.25) is 9.69 Å². The molecule has 25 heavy (non-hydrogen) atoms. The lowest BCUT2D eigenvalue weighted by molar-refractivity contribution is -0.127. The van der Waals surface area contributed by atoms with Crippen molar-refractivity contribution < 1.29 is 4.79 Å². The molecule has 4 heteroatoms. The summed E-state index contributed by atoms with van der Waals surface area (Å²) in [6, 6.07) is 12.0. The number of likely N-dealkylation sites (tertiary alicyclic amines) is 1. The SMILES string of the molecule is CC/C(=C\c1ccccc1)[C@@H]1CC1NC1CC2(C1)CN(CC(N)=O)C2. The number of primary amides is 1. The van der Waals surface area contributed by atoms with E-state index < -0.39 is 0 Å². The number of hydrogen-bond acceptors (Lipinski definition) is 3. The van der Waals surface area contributed by atoms with Crippen molar-refractivity contribution >= 4 is 12.0 Å². The molecule has 4 nitrogen and oxygen atoms in total. The molecule has 0 aromatic heterocycles. The van der Waals surface area contributed by atoms with Crippen LogP contribution in [0.2, 0.25) is 0 Å². The van der Waals surface area contributed by atoms with Gasteiger partial charge in [0.2, 0.25) is 5.91 Å². The van der Waals surface area contributed by atoms with E-state index in [0.29, 0.717) is 24.0 Å². The van der Waals surface area contributed by atoms with Gasteiger partial charge in [0.25, 0.3) is 0 Å². The third-order valence-corrected chi connectivity index (χ3v) is 6.13. The van der Waals surface area contributed by atoms with E-state index >= 15 is 0 Å². The zero-order valence-electron chi connectivity index (χ0n) is 15.1. The molecular formula is C21H29N3O. The summed E-state index contributed by atoms with van der Waals surface area (Å²) in [6.07, 6.45) is 7.31. The Bertz CT molecular complexity index is 655. The van der Waals surface area contributed by atoms with Crippen molar-refractivity contribution in [3.05, 3.63) is 41.5 Å². The molecule has 2 aliphatic carbocycles. The molecule has 1 amide bonds. The van der Waals surface area contributed by atoms with E-state index in [1.807, 2.05) is 0 Å². The van der Waals surface area contributed by atoms with Crippen molar-refractivity contribution in [2.75, 3.05) is 19.6 Å². The number of hydrogen-bond donors (Lipinski definition) is 2. The summed E-state index contributed by atoms with van der Waals surface area (Å²) in [7, 11) is 0. The van der Waals surface area contributed by atoms with Gasteiger partial charge in [-0.25, -0.2) is 0 Å². The maximum atomic E-state index is 11.0. The molecule has 2 atom stereocenters. The molecule has 0 bridgehead atoms. The standard InChI is InChI=1S/C21H29N3O/c1-2-16(8-15-6-4-3-5-7-15)18-9-19(18)23-17-10-21(11-17)13-24(14-21)12-20(22)25/h3-8,17-19,23H,2,9-14H2,1H3,(H2,22,25)/b16-8+/t18-,19?/m0/s1. The highest BCUT2D eigenvalue weighted by Gasteiger charge is 2.53. The van der Waals surface area contributed by atoms with E-state index in [0.717, 1.165) is 25.4 Å². The molecule has 3 fully saturated rings. The van der Waals surface area contributed by atoms with Gasteiger partial charge in [-0.1, -0.05) is 48.9 Å². The average Bonchev–Trinajstić information content (AvgIpc) is 3.28. The number of amides is 1. The highest BCUT2D eigenvalue weighted by molar-refractivity contribution is 5.76. The zero-order valence-corrected chi connectivity index (χ0v) is 15.1. The summed E-state index contributed by atoms with van der Waals surface area (Å²) in [5.74, 6) is 0.511. The zero-order chi connectivity index (χ0) is 17.4. The molecule has 3 N–H and O–H groups in total. The minimum Gasteiger partial charge on any atom is -0.369 e. The Balaban J connectivity index is 1.23. The predicted molar refractivity (Wildman–Crippen MR) is 101 cm³/mol. The van der Waals surface area contributed by atoms with Gasteiger partial charge < -0.3 is 11.1 Å². The van der Waals surface area contributed by atoms with Gasteiger partial charge in [-0.15, -0.1) is 0 Å². The van der Waals surface area contributed by atoms with Crippen LogP contribution in [0, 0.1) is 11.3 Å². The first-order valence-corrected chi connectivity index (χ1v) is 9.59. The summed E-state index contributed by atoms with van der Waals surface area (Å²) in [5.41, 5.74) is 8.64. The first-order chi connectivity index (χ1) is 12.1. The van der Waals surface area contributed by atoms with Crippen LogP contribution in [0.15, 0.2) is 35.9 Å². The van der Waals surface area contributed by atoms with E-state index in [1.165, 1.54) is 24.8 Å². The largest absolute Gasteiger partial charge is 0.369 e. The van der Waals surface area contributed by atoms with Gasteiger partial charge in [0.15, 0.2) is 0 Å². The van der Waals surface area contributed by atoms with Crippen LogP contribution in [0.25, 0.3) is 6.08 Å². The summed E-state index contributed by atoms with van der Waals surface area (Å²) in [4.78, 5) is 13.1. The van der Waals surface area contributed by atoms with Crippen molar-refractivity contribution in [2.45, 2.75) is 44.7 Å². The quantitative estimate of drug-likeness (QED) is 0.802. The molecule has 1 spiro atoms. The Morgan fingerprint density at radius 3 is 2.68 bits per heavy atom. The molecule has 1 aliphatic heterocycles. The number of carbonyl (C=O) groups excluding carboxylic acids is 1. The number of benzene rings is 1. The Labute approximate surface area is 150 Å². The van der Waals surface area contributed by atoms with Gasteiger partial charge in [-0.2, -0.15) is 0 Å². The summed E-state index contributed by atoms with van der Waals surface area (Å²) >= 11 is 0. The predicted octanol–water partition coefficient (Wildman–Crippen LogP) is 2.41. The number of carbonyl (C=O) groups is 1. The fraction of sp³-hybridized carbons (Fsp3) is 0.571. The van der Waals surface area contributed by atoms with Gasteiger partial charge in [0.05, 0.1) is 6.54 Å². The van der Waals surface area contributed by atoms with Crippen molar-refractivity contribution in [3.8, 4) is 0 Å². The fourth-order valence-corrected chi connectivity index (χ4v) is 4.92. The summed E-state index contributed by atoms with van der Waals surface area (Å²) in [6.45, 7) is 4.80. The van der Waals surface area contributed by atoms with Crippen LogP contribution in [0.5, 0.6) is 0 Å². The highest BCUT2D eigenvalue weighted by Crippen LogP contribution is 2.50. The Morgan fingerprint density at radius 1 is 1.32 bits per heavy atom. The third-order valence-electron chi connectivity index (χ3n) is 6.13. The minimum atomic E-state index is -0.207. The lowest BCUT2D eigenvalue weighted by Crippen LogP contribution is -2.67. The van der Waals surface area contributed by atoms with Gasteiger partial charge in [-0.05, 0) is 42.6 Å². The van der Waals surface area contributed by atoms with Gasteiger partial charge in [0, 0.05) is 25.2 Å². The van der Waals surface area contributed by atoms with Crippen LogP contribution in [0.4, 0.5) is 0 Å². The topological polar surface area (TPSA) is 58.4 Å². The van der Waals surface area contributed by atoms with Gasteiger partial charge in [0.1, 0.15) is 0 Å². The molecule has 3 aliphatic rings. The fourth-order valence-electron chi connectivity index (χ4n) is 4.92. The van der Waals surface area contributed by atoms with Gasteiger partial charge >= 0.3 is 0 Å². The Hall–Kier alpha value is -1.65. The van der Waals surface area contributed by atoms with E-state index in [1.54, 1.807) is 5.57 Å². The first kappa shape index (κ1) is 16.8. The lowest BCUT2D eigenvalue weighted by atomic mass is 9.60. The third kappa shape index (κ3) is 3.65. The molecule has 0 radical (unpaired) electrons. The summed E-state index contributed by atoms with van der Waals surface area (Å²) in [5, 5.41) is 3.87. The monoisotopic (exact) mass is 339 g/mol. The molecule has 2 saturated carbocycles. The second-order valence-electron chi connectivity index (χ2n) is 8.32. The number of nitrogens with two attached hydrogens (primary N) is 1. The van der Waals surface area contributed by atoms with E-state index in [9.17, 15) is 4.79 Å². The van der Waals surface area contributed by atoms with E-state index in [4.69, 9.17) is 5.73 Å². The van der Waals surface area contributed by atoms with Crippen molar-refractivity contribution in [1.29, 1.82) is 0 Å². The average molecular weight is 339 g/mol. The van der Waals surface area contributed by atoms with Crippen molar-refractivity contribution in [1.82, 2.24) is 10.2 Å². The highest BCUT2D eigenvalue weighted by atomic mass is 16.1. The second kappa shape index (κ2) is 6.58. The summed E-state index contributed by atoms with van der Waals surface area (Å²) < 4.78 is 0. The van der Waals surface area contributed by atoms with Crippen molar-refractivity contribution in [2.24, 2.45) is 17.1 Å². The number of nitrogens with one attached hydrogen (secondary N) is 1. The van der Waals surface area contributed by atoms with E-state index in [-0.39, 0.29) is 5.91 Å². The molecule has 4 rings (SSSR count). The van der Waals surface area contributed by atoms with Crippen LogP contribution in [-0.4, -0.2) is 42.5 Å². The first-order valence-electron chi connectivity index (χ1n) is 9.59. The van der Waals surface area contributed by atoms with E-state index in [2.05, 4.69) is 53.5 Å². The molecule has 134 valence electrons. The maximum Gasteiger partial charge on any atom is 0.231 e. The van der Waals surface area contributed by atoms with Crippen molar-refractivity contribution in [3.63, 3.8) is 0 Å².